The molecule has 3 rings (SSSR count). The lowest BCUT2D eigenvalue weighted by Crippen LogP contribution is -2.25. The van der Waals surface area contributed by atoms with Crippen LogP contribution in [0.2, 0.25) is 0 Å². The second kappa shape index (κ2) is 6.70. The Hall–Kier alpha value is -2.21. The van der Waals surface area contributed by atoms with Gasteiger partial charge >= 0.3 is 0 Å². The van der Waals surface area contributed by atoms with Crippen molar-refractivity contribution in [3.63, 3.8) is 0 Å². The normalized spacial score (nSPS) is 10.8. The van der Waals surface area contributed by atoms with E-state index in [4.69, 9.17) is 0 Å². The molecule has 0 spiro atoms. The smallest absolute Gasteiger partial charge is 0.252 e. The van der Waals surface area contributed by atoms with Crippen LogP contribution in [0, 0.1) is 0 Å². The summed E-state index contributed by atoms with van der Waals surface area (Å²) >= 11 is 3.46. The maximum Gasteiger partial charge on any atom is 0.252 e. The van der Waals surface area contributed by atoms with Crippen molar-refractivity contribution in [3.05, 3.63) is 59.2 Å². The van der Waals surface area contributed by atoms with E-state index in [9.17, 15) is 4.79 Å². The van der Waals surface area contributed by atoms with Gasteiger partial charge in [0.05, 0.1) is 17.4 Å². The van der Waals surface area contributed by atoms with Gasteiger partial charge in [0.15, 0.2) is 0 Å². The molecule has 2 heterocycles. The van der Waals surface area contributed by atoms with E-state index in [1.165, 1.54) is 0 Å². The summed E-state index contributed by atoms with van der Waals surface area (Å²) in [7, 11) is 0. The van der Waals surface area contributed by atoms with E-state index in [2.05, 4.69) is 31.2 Å². The highest BCUT2D eigenvalue weighted by Gasteiger charge is 2.11. The van der Waals surface area contributed by atoms with Gasteiger partial charge in [0, 0.05) is 41.5 Å². The zero-order valence-electron chi connectivity index (χ0n) is 11.9. The quantitative estimate of drug-likeness (QED) is 0.713. The molecule has 0 radical (unpaired) electrons. The Bertz CT molecular complexity index is 786. The highest BCUT2D eigenvalue weighted by Crippen LogP contribution is 2.24. The van der Waals surface area contributed by atoms with E-state index in [-0.39, 0.29) is 5.91 Å². The summed E-state index contributed by atoms with van der Waals surface area (Å²) in [5.74, 6) is -0.0730. The molecule has 0 saturated carbocycles. The number of hydrogen-bond acceptors (Lipinski definition) is 3. The van der Waals surface area contributed by atoms with Crippen molar-refractivity contribution in [2.24, 2.45) is 0 Å². The van der Waals surface area contributed by atoms with Gasteiger partial charge < -0.3 is 9.88 Å². The summed E-state index contributed by atoms with van der Waals surface area (Å²) in [6.07, 6.45) is 7.95. The Morgan fingerprint density at radius 3 is 3.00 bits per heavy atom. The van der Waals surface area contributed by atoms with E-state index in [1.54, 1.807) is 24.8 Å². The second-order valence-corrected chi connectivity index (χ2v) is 5.76. The van der Waals surface area contributed by atoms with Crippen molar-refractivity contribution in [2.75, 3.05) is 6.54 Å². The van der Waals surface area contributed by atoms with Gasteiger partial charge in [-0.05, 0) is 34.5 Å². The van der Waals surface area contributed by atoms with Gasteiger partial charge in [0.25, 0.3) is 5.91 Å². The summed E-state index contributed by atoms with van der Waals surface area (Å²) in [4.78, 5) is 20.7. The van der Waals surface area contributed by atoms with Gasteiger partial charge in [-0.25, -0.2) is 4.98 Å². The van der Waals surface area contributed by atoms with Gasteiger partial charge in [-0.2, -0.15) is 0 Å². The second-order valence-electron chi connectivity index (χ2n) is 4.90. The van der Waals surface area contributed by atoms with Gasteiger partial charge in [0.2, 0.25) is 0 Å². The van der Waals surface area contributed by atoms with E-state index >= 15 is 0 Å². The number of carbonyl (C=O) groups is 1. The third-order valence-corrected chi connectivity index (χ3v) is 4.04. The van der Waals surface area contributed by atoms with Crippen LogP contribution >= 0.6 is 15.9 Å². The standard InChI is InChI=1S/C16H15BrN4O/c17-14-4-1-3-12-13(5-7-19-15(12)14)16(22)20-6-2-9-21-10-8-18-11-21/h1,3-5,7-8,10-11H,2,6,9H2,(H,20,22). The minimum absolute atomic E-state index is 0.0730. The van der Waals surface area contributed by atoms with Gasteiger partial charge in [-0.15, -0.1) is 0 Å². The van der Waals surface area contributed by atoms with Crippen LogP contribution in [0.3, 0.4) is 0 Å². The first-order valence-corrected chi connectivity index (χ1v) is 7.82. The number of para-hydroxylation sites is 1. The molecule has 6 heteroatoms. The molecule has 0 aliphatic carbocycles. The van der Waals surface area contributed by atoms with Crippen molar-refractivity contribution >= 4 is 32.7 Å². The van der Waals surface area contributed by atoms with Crippen molar-refractivity contribution in [3.8, 4) is 0 Å². The zero-order valence-corrected chi connectivity index (χ0v) is 13.5. The number of carbonyl (C=O) groups excluding carboxylic acids is 1. The fraction of sp³-hybridized carbons (Fsp3) is 0.188. The molecule has 3 aromatic rings. The average Bonchev–Trinajstić information content (AvgIpc) is 3.05. The van der Waals surface area contributed by atoms with Crippen LogP contribution in [0.1, 0.15) is 16.8 Å². The predicted octanol–water partition coefficient (Wildman–Crippen LogP) is 3.01. The van der Waals surface area contributed by atoms with Crippen LogP contribution in [-0.2, 0) is 6.54 Å². The van der Waals surface area contributed by atoms with E-state index in [0.717, 1.165) is 28.3 Å². The van der Waals surface area contributed by atoms with Crippen LogP contribution in [0.25, 0.3) is 10.9 Å². The topological polar surface area (TPSA) is 59.8 Å². The molecule has 0 unspecified atom stereocenters. The molecule has 0 aliphatic rings. The molecule has 1 aromatic carbocycles. The SMILES string of the molecule is O=C(NCCCn1ccnc1)c1ccnc2c(Br)cccc12. The van der Waals surface area contributed by atoms with Crippen molar-refractivity contribution < 1.29 is 4.79 Å². The minimum atomic E-state index is -0.0730. The lowest BCUT2D eigenvalue weighted by Gasteiger charge is -2.08. The largest absolute Gasteiger partial charge is 0.352 e. The molecule has 0 atom stereocenters. The molecule has 5 nitrogen and oxygen atoms in total. The Labute approximate surface area is 136 Å². The molecule has 1 N–H and O–H groups in total. The number of halogens is 1. The van der Waals surface area contributed by atoms with Gasteiger partial charge in [-0.3, -0.25) is 9.78 Å². The number of pyridine rings is 1. The van der Waals surface area contributed by atoms with Crippen molar-refractivity contribution in [1.29, 1.82) is 0 Å². The first-order valence-electron chi connectivity index (χ1n) is 7.03. The molecular formula is C16H15BrN4O. The number of hydrogen-bond donors (Lipinski definition) is 1. The molecule has 2 aromatic heterocycles. The molecule has 0 bridgehead atoms. The van der Waals surface area contributed by atoms with Crippen molar-refractivity contribution in [1.82, 2.24) is 19.9 Å². The summed E-state index contributed by atoms with van der Waals surface area (Å²) in [6.45, 7) is 1.46. The number of fused-ring (bicyclic) bond motifs is 1. The lowest BCUT2D eigenvalue weighted by atomic mass is 10.1. The molecule has 0 saturated heterocycles. The number of amides is 1. The Kier molecular flexibility index (Phi) is 4.48. The maximum absolute atomic E-state index is 12.4. The number of rotatable bonds is 5. The summed E-state index contributed by atoms with van der Waals surface area (Å²) in [5.41, 5.74) is 1.45. The molecule has 0 fully saturated rings. The van der Waals surface area contributed by atoms with Crippen LogP contribution < -0.4 is 5.32 Å². The van der Waals surface area contributed by atoms with Crippen LogP contribution in [0.5, 0.6) is 0 Å². The van der Waals surface area contributed by atoms with Crippen molar-refractivity contribution in [2.45, 2.75) is 13.0 Å². The first kappa shape index (κ1) is 14.7. The van der Waals surface area contributed by atoms with Crippen LogP contribution in [0.15, 0.2) is 53.7 Å². The molecule has 22 heavy (non-hydrogen) atoms. The summed E-state index contributed by atoms with van der Waals surface area (Å²) < 4.78 is 2.88. The first-order chi connectivity index (χ1) is 10.8. The molecular weight excluding hydrogens is 344 g/mol. The lowest BCUT2D eigenvalue weighted by molar-refractivity contribution is 0.0954. The number of nitrogens with zero attached hydrogens (tertiary/aromatic N) is 3. The van der Waals surface area contributed by atoms with E-state index < -0.39 is 0 Å². The highest BCUT2D eigenvalue weighted by molar-refractivity contribution is 9.10. The molecule has 0 aliphatic heterocycles. The Morgan fingerprint density at radius 2 is 2.18 bits per heavy atom. The third-order valence-electron chi connectivity index (χ3n) is 3.40. The molecule has 1 amide bonds. The Morgan fingerprint density at radius 1 is 1.27 bits per heavy atom. The monoisotopic (exact) mass is 358 g/mol. The summed E-state index contributed by atoms with van der Waals surface area (Å²) in [5, 5.41) is 3.81. The number of aryl methyl sites for hydroxylation is 1. The minimum Gasteiger partial charge on any atom is -0.352 e. The number of aromatic nitrogens is 3. The predicted molar refractivity (Wildman–Crippen MR) is 88.6 cm³/mol. The summed E-state index contributed by atoms with van der Waals surface area (Å²) in [6, 6.07) is 7.49. The van der Waals surface area contributed by atoms with Gasteiger partial charge in [0.1, 0.15) is 0 Å². The maximum atomic E-state index is 12.4. The van der Waals surface area contributed by atoms with Gasteiger partial charge in [-0.1, -0.05) is 12.1 Å². The average molecular weight is 359 g/mol. The van der Waals surface area contributed by atoms with E-state index in [0.29, 0.717) is 12.1 Å². The number of imidazole rings is 1. The van der Waals surface area contributed by atoms with E-state index in [1.807, 2.05) is 29.0 Å². The third kappa shape index (κ3) is 3.17. The number of benzene rings is 1. The fourth-order valence-electron chi connectivity index (χ4n) is 2.32. The zero-order chi connectivity index (χ0) is 15.4. The highest BCUT2D eigenvalue weighted by atomic mass is 79.9. The van der Waals surface area contributed by atoms with Crippen LogP contribution in [0.4, 0.5) is 0 Å². The molecule has 112 valence electrons. The number of nitrogens with one attached hydrogen (secondary N) is 1. The fourth-order valence-corrected chi connectivity index (χ4v) is 2.78. The van der Waals surface area contributed by atoms with Crippen LogP contribution in [-0.4, -0.2) is 27.0 Å². The Balaban J connectivity index is 1.66.